The summed E-state index contributed by atoms with van der Waals surface area (Å²) in [6.45, 7) is 5.34. The van der Waals surface area contributed by atoms with Crippen LogP contribution in [0, 0.1) is 10.1 Å². The predicted octanol–water partition coefficient (Wildman–Crippen LogP) is 3.94. The molecular formula is C15H17N3O4. The fourth-order valence-corrected chi connectivity index (χ4v) is 1.88. The topological polar surface area (TPSA) is 97.3 Å². The van der Waals surface area contributed by atoms with Crippen molar-refractivity contribution in [2.24, 2.45) is 0 Å². The van der Waals surface area contributed by atoms with Gasteiger partial charge in [0, 0.05) is 30.1 Å². The van der Waals surface area contributed by atoms with E-state index in [2.05, 4.69) is 10.3 Å². The second kappa shape index (κ2) is 5.88. The molecule has 7 nitrogen and oxygen atoms in total. The Kier molecular flexibility index (Phi) is 4.16. The molecule has 2 rings (SSSR count). The van der Waals surface area contributed by atoms with Crippen LogP contribution >= 0.6 is 0 Å². The van der Waals surface area contributed by atoms with Gasteiger partial charge in [0.2, 0.25) is 0 Å². The lowest BCUT2D eigenvalue weighted by atomic mass is 10.1. The average Bonchev–Trinajstić information content (AvgIpc) is 2.84. The zero-order valence-electron chi connectivity index (χ0n) is 12.5. The van der Waals surface area contributed by atoms with Crippen LogP contribution in [0.1, 0.15) is 20.8 Å². The van der Waals surface area contributed by atoms with Crippen molar-refractivity contribution in [1.82, 2.24) is 4.98 Å². The Balaban J connectivity index is 2.19. The fraction of sp³-hybridized carbons (Fsp3) is 0.267. The molecule has 0 saturated carbocycles. The van der Waals surface area contributed by atoms with Gasteiger partial charge in [0.25, 0.3) is 5.69 Å². The Labute approximate surface area is 127 Å². The molecule has 1 amide bonds. The number of aromatic nitrogens is 1. The van der Waals surface area contributed by atoms with E-state index in [0.717, 1.165) is 11.1 Å². The van der Waals surface area contributed by atoms with Crippen LogP contribution in [0.3, 0.4) is 0 Å². The minimum Gasteiger partial charge on any atom is -0.444 e. The summed E-state index contributed by atoms with van der Waals surface area (Å²) in [5, 5.41) is 13.3. The van der Waals surface area contributed by atoms with E-state index in [4.69, 9.17) is 4.74 Å². The number of hydrogen-bond donors (Lipinski definition) is 2. The van der Waals surface area contributed by atoms with Crippen molar-refractivity contribution in [3.8, 4) is 11.1 Å². The van der Waals surface area contributed by atoms with Crippen LogP contribution in [0.5, 0.6) is 0 Å². The van der Waals surface area contributed by atoms with Crippen LogP contribution < -0.4 is 5.32 Å². The summed E-state index contributed by atoms with van der Waals surface area (Å²) in [7, 11) is 0. The number of nitro benzene ring substituents is 1. The Morgan fingerprint density at radius 3 is 2.41 bits per heavy atom. The van der Waals surface area contributed by atoms with Gasteiger partial charge in [-0.05, 0) is 38.5 Å². The van der Waals surface area contributed by atoms with E-state index >= 15 is 0 Å². The van der Waals surface area contributed by atoms with Crippen molar-refractivity contribution in [1.29, 1.82) is 0 Å². The summed E-state index contributed by atoms with van der Waals surface area (Å²) in [5.74, 6) is 0. The Morgan fingerprint density at radius 1 is 1.23 bits per heavy atom. The molecular weight excluding hydrogens is 286 g/mol. The maximum Gasteiger partial charge on any atom is 0.412 e. The number of rotatable bonds is 3. The molecule has 0 spiro atoms. The summed E-state index contributed by atoms with van der Waals surface area (Å²) < 4.78 is 5.20. The van der Waals surface area contributed by atoms with Crippen molar-refractivity contribution in [2.75, 3.05) is 5.32 Å². The van der Waals surface area contributed by atoms with Gasteiger partial charge in [-0.2, -0.15) is 0 Å². The average molecular weight is 303 g/mol. The summed E-state index contributed by atoms with van der Waals surface area (Å²) in [6, 6.07) is 6.09. The standard InChI is InChI=1S/C15H17N3O4/c1-15(2,3)22-14(19)17-13-9-16-8-12(13)10-4-6-11(7-5-10)18(20)21/h4-9,16H,1-3H3,(H,17,19). The molecule has 0 radical (unpaired) electrons. The number of nitro groups is 1. The van der Waals surface area contributed by atoms with Crippen LogP contribution in [0.4, 0.5) is 16.2 Å². The fourth-order valence-electron chi connectivity index (χ4n) is 1.88. The molecule has 0 aliphatic heterocycles. The minimum absolute atomic E-state index is 0.0148. The van der Waals surface area contributed by atoms with Crippen molar-refractivity contribution >= 4 is 17.5 Å². The van der Waals surface area contributed by atoms with Crippen LogP contribution in [0.2, 0.25) is 0 Å². The van der Waals surface area contributed by atoms with E-state index in [1.54, 1.807) is 45.3 Å². The summed E-state index contributed by atoms with van der Waals surface area (Å²) >= 11 is 0. The molecule has 0 unspecified atom stereocenters. The van der Waals surface area contributed by atoms with Gasteiger partial charge in [0.15, 0.2) is 0 Å². The zero-order chi connectivity index (χ0) is 16.3. The van der Waals surface area contributed by atoms with E-state index < -0.39 is 16.6 Å². The normalized spacial score (nSPS) is 11.0. The SMILES string of the molecule is CC(C)(C)OC(=O)Nc1c[nH]cc1-c1ccc([N+](=O)[O-])cc1. The minimum atomic E-state index is -0.589. The number of non-ortho nitro benzene ring substituents is 1. The molecule has 0 bridgehead atoms. The molecule has 0 fully saturated rings. The molecule has 0 atom stereocenters. The van der Waals surface area contributed by atoms with Gasteiger partial charge in [0.1, 0.15) is 5.60 Å². The maximum absolute atomic E-state index is 11.8. The number of nitrogens with one attached hydrogen (secondary N) is 2. The highest BCUT2D eigenvalue weighted by molar-refractivity contribution is 5.91. The van der Waals surface area contributed by atoms with E-state index in [1.807, 2.05) is 0 Å². The van der Waals surface area contributed by atoms with E-state index in [1.165, 1.54) is 12.1 Å². The first-order valence-corrected chi connectivity index (χ1v) is 6.68. The van der Waals surface area contributed by atoms with Gasteiger partial charge in [-0.3, -0.25) is 15.4 Å². The quantitative estimate of drug-likeness (QED) is 0.663. The van der Waals surface area contributed by atoms with Crippen molar-refractivity contribution in [3.05, 3.63) is 46.8 Å². The monoisotopic (exact) mass is 303 g/mol. The summed E-state index contributed by atoms with van der Waals surface area (Å²) in [5.41, 5.74) is 1.44. The van der Waals surface area contributed by atoms with Gasteiger partial charge in [-0.25, -0.2) is 4.79 Å². The summed E-state index contributed by atoms with van der Waals surface area (Å²) in [6.07, 6.45) is 2.77. The molecule has 1 aromatic carbocycles. The van der Waals surface area contributed by atoms with Crippen molar-refractivity contribution in [2.45, 2.75) is 26.4 Å². The Morgan fingerprint density at radius 2 is 1.86 bits per heavy atom. The van der Waals surface area contributed by atoms with Gasteiger partial charge in [0.05, 0.1) is 10.6 Å². The largest absolute Gasteiger partial charge is 0.444 e. The second-order valence-electron chi connectivity index (χ2n) is 5.71. The molecule has 2 N–H and O–H groups in total. The number of ether oxygens (including phenoxy) is 1. The summed E-state index contributed by atoms with van der Waals surface area (Å²) in [4.78, 5) is 24.9. The van der Waals surface area contributed by atoms with E-state index in [0.29, 0.717) is 5.69 Å². The van der Waals surface area contributed by atoms with E-state index in [-0.39, 0.29) is 5.69 Å². The van der Waals surface area contributed by atoms with Crippen molar-refractivity contribution < 1.29 is 14.5 Å². The first-order valence-electron chi connectivity index (χ1n) is 6.68. The number of carbonyl (C=O) groups is 1. The smallest absolute Gasteiger partial charge is 0.412 e. The molecule has 2 aromatic rings. The van der Waals surface area contributed by atoms with Gasteiger partial charge < -0.3 is 9.72 Å². The lowest BCUT2D eigenvalue weighted by Crippen LogP contribution is -2.27. The van der Waals surface area contributed by atoms with Gasteiger partial charge >= 0.3 is 6.09 Å². The van der Waals surface area contributed by atoms with E-state index in [9.17, 15) is 14.9 Å². The van der Waals surface area contributed by atoms with Crippen LogP contribution in [0.15, 0.2) is 36.7 Å². The molecule has 116 valence electrons. The molecule has 0 aliphatic rings. The second-order valence-corrected chi connectivity index (χ2v) is 5.71. The Bertz CT molecular complexity index is 684. The third-order valence-corrected chi connectivity index (χ3v) is 2.77. The third-order valence-electron chi connectivity index (χ3n) is 2.77. The number of nitrogens with zero attached hydrogens (tertiary/aromatic N) is 1. The molecule has 7 heteroatoms. The van der Waals surface area contributed by atoms with Gasteiger partial charge in [-0.1, -0.05) is 0 Å². The van der Waals surface area contributed by atoms with Crippen molar-refractivity contribution in [3.63, 3.8) is 0 Å². The number of H-pyrrole nitrogens is 1. The number of carbonyl (C=O) groups excluding carboxylic acids is 1. The predicted molar refractivity (Wildman–Crippen MR) is 82.7 cm³/mol. The number of hydrogen-bond acceptors (Lipinski definition) is 4. The lowest BCUT2D eigenvalue weighted by Gasteiger charge is -2.19. The highest BCUT2D eigenvalue weighted by Gasteiger charge is 2.18. The number of aromatic amines is 1. The highest BCUT2D eigenvalue weighted by atomic mass is 16.6. The third kappa shape index (κ3) is 3.85. The molecule has 0 aliphatic carbocycles. The van der Waals surface area contributed by atoms with Crippen LogP contribution in [-0.2, 0) is 4.74 Å². The Hall–Kier alpha value is -2.83. The number of benzene rings is 1. The first-order chi connectivity index (χ1) is 10.3. The maximum atomic E-state index is 11.8. The highest BCUT2D eigenvalue weighted by Crippen LogP contribution is 2.29. The van der Waals surface area contributed by atoms with Gasteiger partial charge in [-0.15, -0.1) is 0 Å². The number of anilines is 1. The lowest BCUT2D eigenvalue weighted by molar-refractivity contribution is -0.384. The zero-order valence-corrected chi connectivity index (χ0v) is 12.5. The molecule has 22 heavy (non-hydrogen) atoms. The molecule has 1 aromatic heterocycles. The molecule has 0 saturated heterocycles. The number of amides is 1. The first kappa shape index (κ1) is 15.6. The van der Waals surface area contributed by atoms with Crippen LogP contribution in [0.25, 0.3) is 11.1 Å². The molecule has 1 heterocycles. The van der Waals surface area contributed by atoms with Crippen LogP contribution in [-0.4, -0.2) is 21.6 Å².